The molecule has 1 saturated heterocycles. The number of rotatable bonds is 5. The number of sulfonamides is 1. The van der Waals surface area contributed by atoms with E-state index in [1.807, 2.05) is 0 Å². The third-order valence-corrected chi connectivity index (χ3v) is 4.69. The zero-order valence-corrected chi connectivity index (χ0v) is 10.3. The van der Waals surface area contributed by atoms with Crippen LogP contribution in [0, 0.1) is 0 Å². The number of likely N-dealkylation sites (tertiary alicyclic amines) is 1. The Labute approximate surface area is 97.0 Å². The Bertz CT molecular complexity index is 319. The number of hydrogen-bond donors (Lipinski definition) is 1. The number of nitrogens with zero attached hydrogens (tertiary/aromatic N) is 1. The lowest BCUT2D eigenvalue weighted by atomic mass is 10.1. The predicted octanol–water partition coefficient (Wildman–Crippen LogP) is -0.0817. The summed E-state index contributed by atoms with van der Waals surface area (Å²) in [6, 6.07) is 0. The number of hydrogen-bond acceptors (Lipinski definition) is 4. The maximum atomic E-state index is 11.1. The first-order chi connectivity index (χ1) is 7.55. The van der Waals surface area contributed by atoms with E-state index in [2.05, 4.69) is 4.90 Å². The molecule has 1 saturated carbocycles. The van der Waals surface area contributed by atoms with Crippen LogP contribution in [0.4, 0.5) is 0 Å². The van der Waals surface area contributed by atoms with Gasteiger partial charge in [0, 0.05) is 6.54 Å². The van der Waals surface area contributed by atoms with Gasteiger partial charge in [0.25, 0.3) is 0 Å². The molecule has 2 rings (SSSR count). The van der Waals surface area contributed by atoms with Crippen LogP contribution in [0.25, 0.3) is 0 Å². The molecule has 0 aromatic rings. The molecule has 0 spiro atoms. The van der Waals surface area contributed by atoms with Crippen molar-refractivity contribution in [2.24, 2.45) is 5.14 Å². The molecule has 0 aromatic carbocycles. The zero-order chi connectivity index (χ0) is 11.6. The molecule has 0 bridgehead atoms. The average molecular weight is 248 g/mol. The fraction of sp³-hybridized carbons (Fsp3) is 1.00. The summed E-state index contributed by atoms with van der Waals surface area (Å²) in [6.07, 6.45) is 4.22. The molecule has 6 heteroatoms. The van der Waals surface area contributed by atoms with Crippen molar-refractivity contribution in [1.29, 1.82) is 0 Å². The molecule has 2 aliphatic rings. The van der Waals surface area contributed by atoms with Gasteiger partial charge in [0.2, 0.25) is 10.0 Å². The Morgan fingerprint density at radius 1 is 1.19 bits per heavy atom. The standard InChI is InChI=1S/C10H20N2O3S/c11-16(13,14)10-3-5-12(6-4-10)7-8-15-9-1-2-9/h9-10H,1-8H2,(H2,11,13,14). The SMILES string of the molecule is NS(=O)(=O)C1CCN(CCOC2CC2)CC1. The van der Waals surface area contributed by atoms with Gasteiger partial charge in [-0.15, -0.1) is 0 Å². The van der Waals surface area contributed by atoms with Gasteiger partial charge >= 0.3 is 0 Å². The average Bonchev–Trinajstić information content (AvgIpc) is 3.01. The molecule has 0 amide bonds. The maximum absolute atomic E-state index is 11.1. The van der Waals surface area contributed by atoms with Crippen molar-refractivity contribution in [3.8, 4) is 0 Å². The first-order valence-corrected chi connectivity index (χ1v) is 7.52. The number of primary sulfonamides is 1. The third-order valence-electron chi connectivity index (χ3n) is 3.28. The number of piperidine rings is 1. The molecule has 0 aromatic heterocycles. The van der Waals surface area contributed by atoms with Gasteiger partial charge in [0.05, 0.1) is 18.0 Å². The van der Waals surface area contributed by atoms with Crippen molar-refractivity contribution in [3.63, 3.8) is 0 Å². The van der Waals surface area contributed by atoms with E-state index in [0.717, 1.165) is 26.2 Å². The minimum atomic E-state index is -3.33. The van der Waals surface area contributed by atoms with Crippen LogP contribution in [-0.4, -0.2) is 50.9 Å². The van der Waals surface area contributed by atoms with Gasteiger partial charge in [-0.2, -0.15) is 0 Å². The normalized spacial score (nSPS) is 24.8. The van der Waals surface area contributed by atoms with E-state index >= 15 is 0 Å². The summed E-state index contributed by atoms with van der Waals surface area (Å²) in [5.74, 6) is 0. The molecule has 1 aliphatic heterocycles. The van der Waals surface area contributed by atoms with Crippen LogP contribution in [0.2, 0.25) is 0 Å². The molecule has 94 valence electrons. The van der Waals surface area contributed by atoms with Crippen LogP contribution in [0.5, 0.6) is 0 Å². The van der Waals surface area contributed by atoms with Crippen molar-refractivity contribution in [2.75, 3.05) is 26.2 Å². The lowest BCUT2D eigenvalue weighted by Crippen LogP contribution is -2.42. The van der Waals surface area contributed by atoms with Crippen LogP contribution in [0.1, 0.15) is 25.7 Å². The second kappa shape index (κ2) is 5.00. The molecule has 1 heterocycles. The molecule has 5 nitrogen and oxygen atoms in total. The largest absolute Gasteiger partial charge is 0.377 e. The molecule has 2 fully saturated rings. The summed E-state index contributed by atoms with van der Waals surface area (Å²) in [7, 11) is -3.33. The Balaban J connectivity index is 1.64. The summed E-state index contributed by atoms with van der Waals surface area (Å²) in [4.78, 5) is 2.25. The van der Waals surface area contributed by atoms with Gasteiger partial charge in [-0.1, -0.05) is 0 Å². The summed E-state index contributed by atoms with van der Waals surface area (Å²) >= 11 is 0. The highest BCUT2D eigenvalue weighted by molar-refractivity contribution is 7.89. The molecule has 1 aliphatic carbocycles. The Morgan fingerprint density at radius 2 is 1.81 bits per heavy atom. The van der Waals surface area contributed by atoms with Crippen LogP contribution in [-0.2, 0) is 14.8 Å². The van der Waals surface area contributed by atoms with E-state index < -0.39 is 10.0 Å². The highest BCUT2D eigenvalue weighted by atomic mass is 32.2. The summed E-state index contributed by atoms with van der Waals surface area (Å²) < 4.78 is 27.8. The van der Waals surface area contributed by atoms with E-state index in [9.17, 15) is 8.42 Å². The van der Waals surface area contributed by atoms with Gasteiger partial charge < -0.3 is 9.64 Å². The van der Waals surface area contributed by atoms with E-state index in [-0.39, 0.29) is 5.25 Å². The number of ether oxygens (including phenoxy) is 1. The van der Waals surface area contributed by atoms with Crippen molar-refractivity contribution in [1.82, 2.24) is 4.90 Å². The third kappa shape index (κ3) is 3.69. The fourth-order valence-electron chi connectivity index (χ4n) is 2.04. The summed E-state index contributed by atoms with van der Waals surface area (Å²) in [6.45, 7) is 3.31. The lowest BCUT2D eigenvalue weighted by Gasteiger charge is -2.30. The molecular weight excluding hydrogens is 228 g/mol. The zero-order valence-electron chi connectivity index (χ0n) is 9.47. The van der Waals surface area contributed by atoms with E-state index in [1.54, 1.807) is 0 Å². The maximum Gasteiger partial charge on any atom is 0.212 e. The van der Waals surface area contributed by atoms with Crippen LogP contribution in [0.3, 0.4) is 0 Å². The molecule has 2 N–H and O–H groups in total. The fourth-order valence-corrected chi connectivity index (χ4v) is 2.91. The van der Waals surface area contributed by atoms with E-state index in [0.29, 0.717) is 18.9 Å². The smallest absolute Gasteiger partial charge is 0.212 e. The Morgan fingerprint density at radius 3 is 2.31 bits per heavy atom. The van der Waals surface area contributed by atoms with Crippen molar-refractivity contribution < 1.29 is 13.2 Å². The molecule has 0 atom stereocenters. The van der Waals surface area contributed by atoms with Crippen LogP contribution < -0.4 is 5.14 Å². The molecule has 0 unspecified atom stereocenters. The second-order valence-corrected chi connectivity index (χ2v) is 6.54. The second-order valence-electron chi connectivity index (χ2n) is 4.70. The van der Waals surface area contributed by atoms with Gasteiger partial charge in [0.15, 0.2) is 0 Å². The Hall–Kier alpha value is -0.170. The van der Waals surface area contributed by atoms with E-state index in [1.165, 1.54) is 12.8 Å². The molecular formula is C10H20N2O3S. The van der Waals surface area contributed by atoms with Gasteiger partial charge in [-0.3, -0.25) is 0 Å². The molecule has 16 heavy (non-hydrogen) atoms. The van der Waals surface area contributed by atoms with Crippen molar-refractivity contribution in [2.45, 2.75) is 37.0 Å². The minimum Gasteiger partial charge on any atom is -0.377 e. The van der Waals surface area contributed by atoms with E-state index in [4.69, 9.17) is 9.88 Å². The monoisotopic (exact) mass is 248 g/mol. The minimum absolute atomic E-state index is 0.340. The lowest BCUT2D eigenvalue weighted by molar-refractivity contribution is 0.0859. The van der Waals surface area contributed by atoms with Gasteiger partial charge in [0.1, 0.15) is 0 Å². The summed E-state index contributed by atoms with van der Waals surface area (Å²) in [5, 5.41) is 4.79. The van der Waals surface area contributed by atoms with Gasteiger partial charge in [-0.05, 0) is 38.8 Å². The first kappa shape index (κ1) is 12.3. The highest BCUT2D eigenvalue weighted by Crippen LogP contribution is 2.23. The summed E-state index contributed by atoms with van der Waals surface area (Å²) in [5.41, 5.74) is 0. The first-order valence-electron chi connectivity index (χ1n) is 5.91. The van der Waals surface area contributed by atoms with Crippen LogP contribution in [0.15, 0.2) is 0 Å². The number of nitrogens with two attached hydrogens (primary N) is 1. The Kier molecular flexibility index (Phi) is 3.84. The van der Waals surface area contributed by atoms with Crippen LogP contribution >= 0.6 is 0 Å². The highest BCUT2D eigenvalue weighted by Gasteiger charge is 2.27. The van der Waals surface area contributed by atoms with Crippen molar-refractivity contribution in [3.05, 3.63) is 0 Å². The van der Waals surface area contributed by atoms with Gasteiger partial charge in [-0.25, -0.2) is 13.6 Å². The topological polar surface area (TPSA) is 72.6 Å². The predicted molar refractivity (Wildman–Crippen MR) is 61.5 cm³/mol. The molecule has 0 radical (unpaired) electrons. The quantitative estimate of drug-likeness (QED) is 0.738. The van der Waals surface area contributed by atoms with Crippen molar-refractivity contribution >= 4 is 10.0 Å².